The van der Waals surface area contributed by atoms with Crippen molar-refractivity contribution in [2.75, 3.05) is 13.2 Å². The summed E-state index contributed by atoms with van der Waals surface area (Å²) < 4.78 is 5.80. The highest BCUT2D eigenvalue weighted by molar-refractivity contribution is 4.49. The first-order valence-electron chi connectivity index (χ1n) is 13.0. The summed E-state index contributed by atoms with van der Waals surface area (Å²) >= 11 is 0. The fourth-order valence-electron chi connectivity index (χ4n) is 3.84. The molecule has 0 amide bonds. The van der Waals surface area contributed by atoms with Gasteiger partial charge in [-0.2, -0.15) is 0 Å². The van der Waals surface area contributed by atoms with Crippen LogP contribution in [0.15, 0.2) is 0 Å². The minimum Gasteiger partial charge on any atom is -0.381 e. The van der Waals surface area contributed by atoms with E-state index in [-0.39, 0.29) is 0 Å². The lowest BCUT2D eigenvalue weighted by molar-refractivity contribution is 0.125. The van der Waals surface area contributed by atoms with Gasteiger partial charge in [0.15, 0.2) is 0 Å². The van der Waals surface area contributed by atoms with Gasteiger partial charge in [-0.1, -0.05) is 142 Å². The zero-order valence-electron chi connectivity index (χ0n) is 19.4. The van der Waals surface area contributed by atoms with Gasteiger partial charge in [-0.3, -0.25) is 0 Å². The van der Waals surface area contributed by atoms with E-state index in [0.29, 0.717) is 0 Å². The summed E-state index contributed by atoms with van der Waals surface area (Å²) in [7, 11) is 0. The second-order valence-corrected chi connectivity index (χ2v) is 8.68. The molecule has 0 radical (unpaired) electrons. The fraction of sp³-hybridized carbons (Fsp3) is 1.00. The Labute approximate surface area is 173 Å². The molecule has 0 atom stereocenters. The molecule has 1 nitrogen and oxygen atoms in total. The molecular weight excluding hydrogens is 328 g/mol. The van der Waals surface area contributed by atoms with Crippen LogP contribution in [0, 0.1) is 0 Å². The van der Waals surface area contributed by atoms with Gasteiger partial charge in [-0.05, 0) is 12.8 Å². The maximum atomic E-state index is 5.80. The summed E-state index contributed by atoms with van der Waals surface area (Å²) in [6.07, 6.45) is 31.1. The maximum Gasteiger partial charge on any atom is 0.0466 e. The monoisotopic (exact) mass is 382 g/mol. The average molecular weight is 383 g/mol. The van der Waals surface area contributed by atoms with Crippen LogP contribution in [0.4, 0.5) is 0 Å². The lowest BCUT2D eigenvalue weighted by Gasteiger charge is -2.05. The summed E-state index contributed by atoms with van der Waals surface area (Å²) in [6, 6.07) is 0. The molecule has 0 bridgehead atoms. The predicted octanol–water partition coefficient (Wildman–Crippen LogP) is 9.62. The van der Waals surface area contributed by atoms with Crippen molar-refractivity contribution < 1.29 is 4.74 Å². The van der Waals surface area contributed by atoms with Crippen molar-refractivity contribution >= 4 is 0 Å². The zero-order valence-corrected chi connectivity index (χ0v) is 19.4. The van der Waals surface area contributed by atoms with Crippen LogP contribution >= 0.6 is 0 Å². The van der Waals surface area contributed by atoms with Crippen molar-refractivity contribution in [3.8, 4) is 0 Å². The second-order valence-electron chi connectivity index (χ2n) is 8.68. The molecule has 27 heavy (non-hydrogen) atoms. The molecule has 0 saturated heterocycles. The maximum absolute atomic E-state index is 5.80. The molecule has 0 aliphatic heterocycles. The third-order valence-corrected chi connectivity index (χ3v) is 5.78. The largest absolute Gasteiger partial charge is 0.381 e. The van der Waals surface area contributed by atoms with Crippen molar-refractivity contribution in [3.63, 3.8) is 0 Å². The normalized spacial score (nSPS) is 11.3. The number of hydrogen-bond acceptors (Lipinski definition) is 1. The lowest BCUT2D eigenvalue weighted by Crippen LogP contribution is -1.97. The van der Waals surface area contributed by atoms with Crippen LogP contribution < -0.4 is 0 Å². The van der Waals surface area contributed by atoms with Gasteiger partial charge in [-0.25, -0.2) is 0 Å². The van der Waals surface area contributed by atoms with Gasteiger partial charge in [0.05, 0.1) is 0 Å². The number of rotatable bonds is 24. The Morgan fingerprint density at radius 1 is 0.296 bits per heavy atom. The summed E-state index contributed by atoms with van der Waals surface area (Å²) in [6.45, 7) is 6.58. The van der Waals surface area contributed by atoms with Crippen LogP contribution in [-0.2, 0) is 4.74 Å². The summed E-state index contributed by atoms with van der Waals surface area (Å²) in [4.78, 5) is 0. The summed E-state index contributed by atoms with van der Waals surface area (Å²) in [5, 5.41) is 0. The first-order chi connectivity index (χ1) is 13.4. The van der Waals surface area contributed by atoms with Gasteiger partial charge in [0.1, 0.15) is 0 Å². The second kappa shape index (κ2) is 26.0. The zero-order chi connectivity index (χ0) is 19.7. The topological polar surface area (TPSA) is 9.23 Å². The number of hydrogen-bond donors (Lipinski definition) is 0. The number of ether oxygens (including phenoxy) is 1. The third kappa shape index (κ3) is 26.0. The van der Waals surface area contributed by atoms with E-state index in [4.69, 9.17) is 4.74 Å². The van der Waals surface area contributed by atoms with Crippen LogP contribution in [0.3, 0.4) is 0 Å². The minimum atomic E-state index is 0.995. The Kier molecular flexibility index (Phi) is 25.9. The van der Waals surface area contributed by atoms with Crippen molar-refractivity contribution in [3.05, 3.63) is 0 Å². The van der Waals surface area contributed by atoms with Crippen molar-refractivity contribution in [1.82, 2.24) is 0 Å². The molecule has 0 heterocycles. The molecule has 0 fully saturated rings. The SMILES string of the molecule is CCCCCCCCCCCCCCOCCCCCCCCCCCC. The fourth-order valence-corrected chi connectivity index (χ4v) is 3.84. The van der Waals surface area contributed by atoms with Gasteiger partial charge in [0, 0.05) is 13.2 Å². The van der Waals surface area contributed by atoms with Crippen LogP contribution in [0.25, 0.3) is 0 Å². The predicted molar refractivity (Wildman–Crippen MR) is 124 cm³/mol. The lowest BCUT2D eigenvalue weighted by atomic mass is 10.1. The van der Waals surface area contributed by atoms with Crippen molar-refractivity contribution in [2.24, 2.45) is 0 Å². The third-order valence-electron chi connectivity index (χ3n) is 5.78. The summed E-state index contributed by atoms with van der Waals surface area (Å²) in [5.74, 6) is 0. The molecule has 0 rings (SSSR count). The first-order valence-corrected chi connectivity index (χ1v) is 13.0. The smallest absolute Gasteiger partial charge is 0.0466 e. The van der Waals surface area contributed by atoms with Crippen LogP contribution in [0.1, 0.15) is 155 Å². The van der Waals surface area contributed by atoms with Gasteiger partial charge >= 0.3 is 0 Å². The molecule has 0 aliphatic carbocycles. The molecule has 0 aromatic carbocycles. The highest BCUT2D eigenvalue weighted by Crippen LogP contribution is 2.12. The van der Waals surface area contributed by atoms with Crippen LogP contribution in [0.2, 0.25) is 0 Å². The Balaban J connectivity index is 2.95. The quantitative estimate of drug-likeness (QED) is 0.151. The standard InChI is InChI=1S/C26H54O/c1-3-5-7-9-11-13-15-16-18-20-22-24-26-27-25-23-21-19-17-14-12-10-8-6-4-2/h3-26H2,1-2H3. The van der Waals surface area contributed by atoms with Gasteiger partial charge in [0.2, 0.25) is 0 Å². The molecule has 0 aliphatic rings. The highest BCUT2D eigenvalue weighted by atomic mass is 16.5. The van der Waals surface area contributed by atoms with E-state index in [0.717, 1.165) is 13.2 Å². The molecule has 0 aromatic rings. The number of unbranched alkanes of at least 4 members (excludes halogenated alkanes) is 20. The molecule has 0 aromatic heterocycles. The Morgan fingerprint density at radius 3 is 0.778 bits per heavy atom. The minimum absolute atomic E-state index is 0.995. The van der Waals surface area contributed by atoms with E-state index in [2.05, 4.69) is 13.8 Å². The van der Waals surface area contributed by atoms with E-state index in [9.17, 15) is 0 Å². The Hall–Kier alpha value is -0.0400. The van der Waals surface area contributed by atoms with Crippen LogP contribution in [-0.4, -0.2) is 13.2 Å². The average Bonchev–Trinajstić information content (AvgIpc) is 2.68. The molecule has 164 valence electrons. The van der Waals surface area contributed by atoms with Crippen LogP contribution in [0.5, 0.6) is 0 Å². The van der Waals surface area contributed by atoms with E-state index in [1.54, 1.807) is 0 Å². The van der Waals surface area contributed by atoms with E-state index in [1.165, 1.54) is 141 Å². The van der Waals surface area contributed by atoms with E-state index >= 15 is 0 Å². The van der Waals surface area contributed by atoms with E-state index in [1.807, 2.05) is 0 Å². The summed E-state index contributed by atoms with van der Waals surface area (Å²) in [5.41, 5.74) is 0. The van der Waals surface area contributed by atoms with Crippen molar-refractivity contribution in [1.29, 1.82) is 0 Å². The molecule has 1 heteroatoms. The van der Waals surface area contributed by atoms with E-state index < -0.39 is 0 Å². The van der Waals surface area contributed by atoms with Gasteiger partial charge in [0.25, 0.3) is 0 Å². The molecule has 0 unspecified atom stereocenters. The molecule has 0 spiro atoms. The highest BCUT2D eigenvalue weighted by Gasteiger charge is 1.95. The molecule has 0 saturated carbocycles. The molecular formula is C26H54O. The van der Waals surface area contributed by atoms with Gasteiger partial charge < -0.3 is 4.74 Å². The van der Waals surface area contributed by atoms with Gasteiger partial charge in [-0.15, -0.1) is 0 Å². The first kappa shape index (κ1) is 27.0. The van der Waals surface area contributed by atoms with Crippen molar-refractivity contribution in [2.45, 2.75) is 155 Å². The Bertz CT molecular complexity index is 214. The Morgan fingerprint density at radius 2 is 0.519 bits per heavy atom. The molecule has 0 N–H and O–H groups in total.